The predicted molar refractivity (Wildman–Crippen MR) is 81.0 cm³/mol. The molecule has 2 nitrogen and oxygen atoms in total. The molecule has 5 heteroatoms. The number of unbranched alkanes of at least 4 members (excludes halogenated alkanes) is 3. The van der Waals surface area contributed by atoms with Crippen LogP contribution in [0.25, 0.3) is 0 Å². The summed E-state index contributed by atoms with van der Waals surface area (Å²) in [6, 6.07) is 2.48. The van der Waals surface area contributed by atoms with E-state index in [1.807, 2.05) is 0 Å². The molecule has 0 saturated carbocycles. The van der Waals surface area contributed by atoms with E-state index in [-0.39, 0.29) is 10.3 Å². The summed E-state index contributed by atoms with van der Waals surface area (Å²) in [7, 11) is 1.69. The molecule has 0 unspecified atom stereocenters. The minimum Gasteiger partial charge on any atom is -0.383 e. The molecule has 20 heavy (non-hydrogen) atoms. The molecule has 1 aromatic rings. The SMILES string of the molecule is COCCNCCCCCCc1cc(F)c(Br)cc1F. The van der Waals surface area contributed by atoms with Crippen LogP contribution in [0.3, 0.4) is 0 Å². The van der Waals surface area contributed by atoms with Crippen LogP contribution in [-0.4, -0.2) is 26.8 Å². The average molecular weight is 350 g/mol. The zero-order chi connectivity index (χ0) is 14.8. The van der Waals surface area contributed by atoms with Crippen molar-refractivity contribution in [2.75, 3.05) is 26.8 Å². The molecule has 1 N–H and O–H groups in total. The number of ether oxygens (including phenoxy) is 1. The van der Waals surface area contributed by atoms with Crippen LogP contribution < -0.4 is 5.32 Å². The Morgan fingerprint density at radius 2 is 1.80 bits per heavy atom. The Bertz CT molecular complexity index is 402. The Labute approximate surface area is 128 Å². The van der Waals surface area contributed by atoms with Gasteiger partial charge in [-0.25, -0.2) is 8.78 Å². The fourth-order valence-corrected chi connectivity index (χ4v) is 2.29. The summed E-state index contributed by atoms with van der Waals surface area (Å²) in [5.74, 6) is -0.733. The van der Waals surface area contributed by atoms with E-state index in [4.69, 9.17) is 4.74 Å². The first-order valence-corrected chi connectivity index (χ1v) is 7.77. The van der Waals surface area contributed by atoms with Crippen LogP contribution in [0.2, 0.25) is 0 Å². The minimum absolute atomic E-state index is 0.181. The van der Waals surface area contributed by atoms with Gasteiger partial charge in [-0.1, -0.05) is 12.8 Å². The van der Waals surface area contributed by atoms with Gasteiger partial charge in [0.05, 0.1) is 11.1 Å². The third-order valence-electron chi connectivity index (χ3n) is 3.12. The van der Waals surface area contributed by atoms with E-state index in [1.165, 1.54) is 12.1 Å². The molecule has 0 saturated heterocycles. The van der Waals surface area contributed by atoms with E-state index < -0.39 is 5.82 Å². The predicted octanol–water partition coefficient (Wildman–Crippen LogP) is 4.07. The molecule has 0 aliphatic carbocycles. The van der Waals surface area contributed by atoms with Gasteiger partial charge >= 0.3 is 0 Å². The lowest BCUT2D eigenvalue weighted by Crippen LogP contribution is -2.20. The summed E-state index contributed by atoms with van der Waals surface area (Å²) in [5.41, 5.74) is 0.462. The highest BCUT2D eigenvalue weighted by Crippen LogP contribution is 2.21. The van der Waals surface area contributed by atoms with Gasteiger partial charge in [0.25, 0.3) is 0 Å². The summed E-state index contributed by atoms with van der Waals surface area (Å²) >= 11 is 2.98. The third kappa shape index (κ3) is 6.77. The molecule has 1 aromatic carbocycles. The van der Waals surface area contributed by atoms with Gasteiger partial charge in [-0.3, -0.25) is 0 Å². The molecule has 0 bridgehead atoms. The summed E-state index contributed by atoms with van der Waals surface area (Å²) < 4.78 is 32.0. The first kappa shape index (κ1) is 17.5. The number of aryl methyl sites for hydroxylation is 1. The largest absolute Gasteiger partial charge is 0.383 e. The van der Waals surface area contributed by atoms with Gasteiger partial charge in [0.15, 0.2) is 0 Å². The molecular weight excluding hydrogens is 328 g/mol. The van der Waals surface area contributed by atoms with Gasteiger partial charge in [-0.15, -0.1) is 0 Å². The van der Waals surface area contributed by atoms with Gasteiger partial charge in [0, 0.05) is 13.7 Å². The molecular formula is C15H22BrF2NO. The number of hydrogen-bond donors (Lipinski definition) is 1. The van der Waals surface area contributed by atoms with Crippen LogP contribution in [0.4, 0.5) is 8.78 Å². The normalized spacial score (nSPS) is 11.0. The summed E-state index contributed by atoms with van der Waals surface area (Å²) in [5, 5.41) is 3.28. The van der Waals surface area contributed by atoms with Crippen molar-refractivity contribution in [2.45, 2.75) is 32.1 Å². The van der Waals surface area contributed by atoms with Crippen LogP contribution in [0.5, 0.6) is 0 Å². The number of benzene rings is 1. The molecule has 0 radical (unpaired) electrons. The Kier molecular flexibility index (Phi) is 8.98. The second-order valence-electron chi connectivity index (χ2n) is 4.76. The number of rotatable bonds is 10. The van der Waals surface area contributed by atoms with Crippen molar-refractivity contribution < 1.29 is 13.5 Å². The molecule has 0 aromatic heterocycles. The maximum absolute atomic E-state index is 13.6. The second kappa shape index (κ2) is 10.2. The van der Waals surface area contributed by atoms with Gasteiger partial charge in [0.1, 0.15) is 11.6 Å². The summed E-state index contributed by atoms with van der Waals surface area (Å²) in [4.78, 5) is 0. The van der Waals surface area contributed by atoms with E-state index >= 15 is 0 Å². The highest BCUT2D eigenvalue weighted by atomic mass is 79.9. The summed E-state index contributed by atoms with van der Waals surface area (Å²) in [6.07, 6.45) is 4.70. The fourth-order valence-electron chi connectivity index (χ4n) is 1.97. The van der Waals surface area contributed by atoms with Crippen molar-refractivity contribution in [3.8, 4) is 0 Å². The Morgan fingerprint density at radius 1 is 1.05 bits per heavy atom. The van der Waals surface area contributed by atoms with E-state index in [0.29, 0.717) is 12.0 Å². The number of hydrogen-bond acceptors (Lipinski definition) is 2. The molecule has 1 rings (SSSR count). The first-order chi connectivity index (χ1) is 9.65. The Morgan fingerprint density at radius 3 is 2.55 bits per heavy atom. The Hall–Kier alpha value is -0.520. The van der Waals surface area contributed by atoms with E-state index in [2.05, 4.69) is 21.2 Å². The van der Waals surface area contributed by atoms with Crippen molar-refractivity contribution in [2.24, 2.45) is 0 Å². The quantitative estimate of drug-likeness (QED) is 0.507. The van der Waals surface area contributed by atoms with Crippen molar-refractivity contribution >= 4 is 15.9 Å². The van der Waals surface area contributed by atoms with Gasteiger partial charge < -0.3 is 10.1 Å². The van der Waals surface area contributed by atoms with Gasteiger partial charge in [0.2, 0.25) is 0 Å². The lowest BCUT2D eigenvalue weighted by Gasteiger charge is -2.06. The number of halogens is 3. The molecule has 0 atom stereocenters. The second-order valence-corrected chi connectivity index (χ2v) is 5.62. The van der Waals surface area contributed by atoms with Crippen LogP contribution in [-0.2, 0) is 11.2 Å². The number of nitrogens with one attached hydrogen (secondary N) is 1. The zero-order valence-corrected chi connectivity index (χ0v) is 13.4. The molecule has 0 aliphatic rings. The van der Waals surface area contributed by atoms with Gasteiger partial charge in [-0.2, -0.15) is 0 Å². The van der Waals surface area contributed by atoms with E-state index in [0.717, 1.165) is 45.4 Å². The smallest absolute Gasteiger partial charge is 0.137 e. The van der Waals surface area contributed by atoms with Crippen LogP contribution >= 0.6 is 15.9 Å². The number of methoxy groups -OCH3 is 1. The van der Waals surface area contributed by atoms with Crippen molar-refractivity contribution in [1.29, 1.82) is 0 Å². The zero-order valence-electron chi connectivity index (χ0n) is 11.9. The molecule has 0 spiro atoms. The maximum atomic E-state index is 13.6. The van der Waals surface area contributed by atoms with E-state index in [1.54, 1.807) is 7.11 Å². The molecule has 0 amide bonds. The topological polar surface area (TPSA) is 21.3 Å². The standard InChI is InChI=1S/C15H22BrF2NO/c1-20-9-8-19-7-5-3-2-4-6-12-10-15(18)13(16)11-14(12)17/h10-11,19H,2-9H2,1H3. The lowest BCUT2D eigenvalue weighted by atomic mass is 10.1. The monoisotopic (exact) mass is 349 g/mol. The minimum atomic E-state index is -0.399. The summed E-state index contributed by atoms with van der Waals surface area (Å²) in [6.45, 7) is 2.58. The highest BCUT2D eigenvalue weighted by molar-refractivity contribution is 9.10. The van der Waals surface area contributed by atoms with Gasteiger partial charge in [-0.05, 0) is 59.4 Å². The van der Waals surface area contributed by atoms with Crippen molar-refractivity contribution in [3.05, 3.63) is 33.8 Å². The highest BCUT2D eigenvalue weighted by Gasteiger charge is 2.07. The van der Waals surface area contributed by atoms with Crippen molar-refractivity contribution in [3.63, 3.8) is 0 Å². The lowest BCUT2D eigenvalue weighted by molar-refractivity contribution is 0.199. The maximum Gasteiger partial charge on any atom is 0.137 e. The van der Waals surface area contributed by atoms with E-state index in [9.17, 15) is 8.78 Å². The van der Waals surface area contributed by atoms with Crippen molar-refractivity contribution in [1.82, 2.24) is 5.32 Å². The molecule has 0 heterocycles. The van der Waals surface area contributed by atoms with Crippen LogP contribution in [0, 0.1) is 11.6 Å². The Balaban J connectivity index is 2.11. The fraction of sp³-hybridized carbons (Fsp3) is 0.600. The molecule has 0 aliphatic heterocycles. The average Bonchev–Trinajstić information content (AvgIpc) is 2.42. The third-order valence-corrected chi connectivity index (χ3v) is 3.73. The molecule has 114 valence electrons. The molecule has 0 fully saturated rings. The van der Waals surface area contributed by atoms with Crippen LogP contribution in [0.15, 0.2) is 16.6 Å². The van der Waals surface area contributed by atoms with Crippen LogP contribution in [0.1, 0.15) is 31.2 Å². The first-order valence-electron chi connectivity index (χ1n) is 6.98.